The average Bonchev–Trinajstić information content (AvgIpc) is 2.55. The van der Waals surface area contributed by atoms with Crippen molar-refractivity contribution in [1.82, 2.24) is 4.90 Å². The fraction of sp³-hybridized carbons (Fsp3) is 0.529. The first kappa shape index (κ1) is 15.6. The fourth-order valence-corrected chi connectivity index (χ4v) is 3.11. The number of amides is 2. The molecule has 3 rings (SSSR count). The van der Waals surface area contributed by atoms with Crippen molar-refractivity contribution in [3.8, 4) is 11.5 Å². The maximum absolute atomic E-state index is 12.5. The van der Waals surface area contributed by atoms with E-state index in [1.165, 1.54) is 0 Å². The number of aryl methyl sites for hydroxylation is 1. The van der Waals surface area contributed by atoms with Gasteiger partial charge in [-0.2, -0.15) is 0 Å². The van der Waals surface area contributed by atoms with Crippen molar-refractivity contribution in [3.05, 3.63) is 23.3 Å². The third-order valence-corrected chi connectivity index (χ3v) is 4.59. The highest BCUT2D eigenvalue weighted by molar-refractivity contribution is 5.80. The van der Waals surface area contributed by atoms with Crippen LogP contribution in [0.2, 0.25) is 0 Å². The van der Waals surface area contributed by atoms with Crippen LogP contribution in [-0.4, -0.2) is 43.0 Å². The van der Waals surface area contributed by atoms with E-state index in [1.807, 2.05) is 24.0 Å². The Hall–Kier alpha value is -2.24. The highest BCUT2D eigenvalue weighted by atomic mass is 16.6. The molecule has 0 aromatic heterocycles. The number of hydrogen-bond acceptors (Lipinski definition) is 4. The zero-order valence-corrected chi connectivity index (χ0v) is 13.3. The summed E-state index contributed by atoms with van der Waals surface area (Å²) >= 11 is 0. The highest BCUT2D eigenvalue weighted by Gasteiger charge is 2.26. The molecule has 0 atom stereocenters. The molecule has 0 aliphatic carbocycles. The summed E-state index contributed by atoms with van der Waals surface area (Å²) in [5.41, 5.74) is 7.31. The monoisotopic (exact) mass is 318 g/mol. The fourth-order valence-electron chi connectivity index (χ4n) is 3.11. The van der Waals surface area contributed by atoms with Crippen LogP contribution in [0.4, 0.5) is 0 Å². The van der Waals surface area contributed by atoms with Gasteiger partial charge in [-0.25, -0.2) is 0 Å². The van der Waals surface area contributed by atoms with E-state index in [4.69, 9.17) is 15.2 Å². The minimum Gasteiger partial charge on any atom is -0.486 e. The summed E-state index contributed by atoms with van der Waals surface area (Å²) in [6.07, 6.45) is 1.64. The lowest BCUT2D eigenvalue weighted by molar-refractivity contribution is -0.134. The Morgan fingerprint density at radius 3 is 2.39 bits per heavy atom. The largest absolute Gasteiger partial charge is 0.486 e. The van der Waals surface area contributed by atoms with Gasteiger partial charge in [-0.1, -0.05) is 0 Å². The molecule has 2 aliphatic rings. The second-order valence-electron chi connectivity index (χ2n) is 6.16. The number of nitrogens with two attached hydrogens (primary N) is 1. The first-order chi connectivity index (χ1) is 11.0. The Bertz CT molecular complexity index is 621. The van der Waals surface area contributed by atoms with Crippen LogP contribution in [-0.2, 0) is 16.0 Å². The Kier molecular flexibility index (Phi) is 4.41. The molecule has 6 nitrogen and oxygen atoms in total. The Balaban J connectivity index is 1.65. The predicted molar refractivity (Wildman–Crippen MR) is 84.4 cm³/mol. The van der Waals surface area contributed by atoms with Gasteiger partial charge in [-0.05, 0) is 43.0 Å². The topological polar surface area (TPSA) is 81.9 Å². The smallest absolute Gasteiger partial charge is 0.227 e. The number of carbonyl (C=O) groups excluding carboxylic acids is 2. The number of benzene rings is 1. The van der Waals surface area contributed by atoms with E-state index in [2.05, 4.69) is 0 Å². The molecule has 0 radical (unpaired) electrons. The molecule has 0 saturated carbocycles. The third-order valence-electron chi connectivity index (χ3n) is 4.59. The van der Waals surface area contributed by atoms with Gasteiger partial charge < -0.3 is 20.1 Å². The maximum atomic E-state index is 12.5. The summed E-state index contributed by atoms with van der Waals surface area (Å²) in [5, 5.41) is 0. The molecular formula is C17H22N2O4. The molecule has 1 fully saturated rings. The maximum Gasteiger partial charge on any atom is 0.227 e. The van der Waals surface area contributed by atoms with Gasteiger partial charge in [0.25, 0.3) is 0 Å². The molecule has 1 aromatic carbocycles. The van der Waals surface area contributed by atoms with E-state index >= 15 is 0 Å². The molecular weight excluding hydrogens is 296 g/mol. The molecule has 1 aromatic rings. The van der Waals surface area contributed by atoms with Crippen molar-refractivity contribution in [1.29, 1.82) is 0 Å². The normalized spacial score (nSPS) is 17.9. The number of ether oxygens (including phenoxy) is 2. The summed E-state index contributed by atoms with van der Waals surface area (Å²) in [7, 11) is 0. The van der Waals surface area contributed by atoms with E-state index in [0.717, 1.165) is 16.9 Å². The number of primary amides is 1. The van der Waals surface area contributed by atoms with Crippen LogP contribution in [0, 0.1) is 12.8 Å². The lowest BCUT2D eigenvalue weighted by Gasteiger charge is -2.31. The first-order valence-electron chi connectivity index (χ1n) is 8.01. The predicted octanol–water partition coefficient (Wildman–Crippen LogP) is 1.03. The van der Waals surface area contributed by atoms with E-state index in [-0.39, 0.29) is 17.7 Å². The van der Waals surface area contributed by atoms with Gasteiger partial charge in [0.15, 0.2) is 11.5 Å². The van der Waals surface area contributed by atoms with Crippen LogP contribution in [0.1, 0.15) is 24.0 Å². The van der Waals surface area contributed by atoms with Crippen LogP contribution in [0.3, 0.4) is 0 Å². The number of hydrogen-bond donors (Lipinski definition) is 1. The van der Waals surface area contributed by atoms with Gasteiger partial charge in [0.2, 0.25) is 11.8 Å². The summed E-state index contributed by atoms with van der Waals surface area (Å²) in [5.74, 6) is 1.16. The lowest BCUT2D eigenvalue weighted by atomic mass is 9.95. The van der Waals surface area contributed by atoms with Gasteiger partial charge in [0, 0.05) is 19.0 Å². The quantitative estimate of drug-likeness (QED) is 0.902. The second-order valence-corrected chi connectivity index (χ2v) is 6.16. The number of fused-ring (bicyclic) bond motifs is 1. The zero-order chi connectivity index (χ0) is 16.4. The van der Waals surface area contributed by atoms with Crippen molar-refractivity contribution < 1.29 is 19.1 Å². The van der Waals surface area contributed by atoms with Gasteiger partial charge >= 0.3 is 0 Å². The van der Waals surface area contributed by atoms with Crippen LogP contribution >= 0.6 is 0 Å². The standard InChI is InChI=1S/C17H22N2O4/c1-11-8-14-15(23-7-6-22-14)9-13(11)10-16(20)19-4-2-12(3-5-19)17(18)21/h8-9,12H,2-7,10H2,1H3,(H2,18,21). The summed E-state index contributed by atoms with van der Waals surface area (Å²) in [4.78, 5) is 25.5. The molecule has 2 aliphatic heterocycles. The number of likely N-dealkylation sites (tertiary alicyclic amines) is 1. The number of carbonyl (C=O) groups is 2. The number of rotatable bonds is 3. The highest BCUT2D eigenvalue weighted by Crippen LogP contribution is 2.33. The minimum atomic E-state index is -0.264. The molecule has 23 heavy (non-hydrogen) atoms. The minimum absolute atomic E-state index is 0.0766. The van der Waals surface area contributed by atoms with Crippen molar-refractivity contribution in [2.24, 2.45) is 11.7 Å². The van der Waals surface area contributed by atoms with Crippen LogP contribution in [0.15, 0.2) is 12.1 Å². The molecule has 2 heterocycles. The third kappa shape index (κ3) is 3.41. The molecule has 0 spiro atoms. The molecule has 0 unspecified atom stereocenters. The average molecular weight is 318 g/mol. The van der Waals surface area contributed by atoms with Crippen molar-refractivity contribution in [2.45, 2.75) is 26.2 Å². The summed E-state index contributed by atoms with van der Waals surface area (Å²) < 4.78 is 11.1. The summed E-state index contributed by atoms with van der Waals surface area (Å²) in [6, 6.07) is 3.83. The van der Waals surface area contributed by atoms with Crippen molar-refractivity contribution >= 4 is 11.8 Å². The molecule has 0 bridgehead atoms. The van der Waals surface area contributed by atoms with Gasteiger partial charge in [0.05, 0.1) is 6.42 Å². The van der Waals surface area contributed by atoms with E-state index in [9.17, 15) is 9.59 Å². The first-order valence-corrected chi connectivity index (χ1v) is 8.01. The molecule has 124 valence electrons. The molecule has 2 amide bonds. The number of nitrogens with zero attached hydrogens (tertiary/aromatic N) is 1. The van der Waals surface area contributed by atoms with Crippen LogP contribution in [0.5, 0.6) is 11.5 Å². The Morgan fingerprint density at radius 1 is 1.17 bits per heavy atom. The Labute approximate surface area is 135 Å². The van der Waals surface area contributed by atoms with Gasteiger partial charge in [-0.15, -0.1) is 0 Å². The number of piperidine rings is 1. The molecule has 1 saturated heterocycles. The SMILES string of the molecule is Cc1cc2c(cc1CC(=O)N1CCC(C(N)=O)CC1)OCCO2. The van der Waals surface area contributed by atoms with Gasteiger partial charge in [-0.3, -0.25) is 9.59 Å². The molecule has 2 N–H and O–H groups in total. The van der Waals surface area contributed by atoms with Gasteiger partial charge in [0.1, 0.15) is 13.2 Å². The lowest BCUT2D eigenvalue weighted by Crippen LogP contribution is -2.42. The van der Waals surface area contributed by atoms with Crippen LogP contribution < -0.4 is 15.2 Å². The second kappa shape index (κ2) is 6.48. The zero-order valence-electron chi connectivity index (χ0n) is 13.3. The van der Waals surface area contributed by atoms with Crippen molar-refractivity contribution in [2.75, 3.05) is 26.3 Å². The summed E-state index contributed by atoms with van der Waals surface area (Å²) in [6.45, 7) is 4.25. The molecule has 6 heteroatoms. The van der Waals surface area contributed by atoms with E-state index in [1.54, 1.807) is 0 Å². The van der Waals surface area contributed by atoms with Crippen molar-refractivity contribution in [3.63, 3.8) is 0 Å². The van der Waals surface area contributed by atoms with E-state index < -0.39 is 0 Å². The Morgan fingerprint density at radius 2 is 1.78 bits per heavy atom. The van der Waals surface area contributed by atoms with E-state index in [0.29, 0.717) is 51.3 Å². The van der Waals surface area contributed by atoms with Crippen LogP contribution in [0.25, 0.3) is 0 Å².